The monoisotopic (exact) mass is 260 g/mol. The fourth-order valence-electron chi connectivity index (χ4n) is 1.98. The van der Waals surface area contributed by atoms with E-state index in [1.54, 1.807) is 7.11 Å². The number of nitrogens with two attached hydrogens (primary N) is 1. The molecule has 1 aromatic heterocycles. The molecular weight excluding hydrogens is 240 g/mol. The predicted molar refractivity (Wildman–Crippen MR) is 75.8 cm³/mol. The van der Waals surface area contributed by atoms with Crippen molar-refractivity contribution in [2.24, 2.45) is 7.05 Å². The van der Waals surface area contributed by atoms with Gasteiger partial charge in [0.1, 0.15) is 11.6 Å². The highest BCUT2D eigenvalue weighted by atomic mass is 16.5. The van der Waals surface area contributed by atoms with Crippen molar-refractivity contribution in [1.29, 1.82) is 0 Å². The fraction of sp³-hybridized carbons (Fsp3) is 0.357. The fourth-order valence-corrected chi connectivity index (χ4v) is 1.98. The number of ether oxygens (including phenoxy) is 1. The van der Waals surface area contributed by atoms with Gasteiger partial charge in [-0.2, -0.15) is 0 Å². The van der Waals surface area contributed by atoms with Crippen molar-refractivity contribution in [1.82, 2.24) is 14.5 Å². The van der Waals surface area contributed by atoms with E-state index in [1.165, 1.54) is 0 Å². The molecule has 2 rings (SSSR count). The number of methoxy groups -OCH3 is 1. The molecule has 0 aliphatic carbocycles. The van der Waals surface area contributed by atoms with E-state index >= 15 is 0 Å². The van der Waals surface area contributed by atoms with E-state index in [9.17, 15) is 0 Å². The first-order valence-electron chi connectivity index (χ1n) is 6.17. The number of anilines is 1. The molecule has 0 saturated carbocycles. The first-order valence-corrected chi connectivity index (χ1v) is 6.17. The summed E-state index contributed by atoms with van der Waals surface area (Å²) in [6, 6.07) is 5.79. The second kappa shape index (κ2) is 5.75. The first-order chi connectivity index (χ1) is 9.10. The molecule has 2 aromatic rings. The number of nitrogens with zero attached hydrogens (tertiary/aromatic N) is 3. The molecule has 0 atom stereocenters. The first kappa shape index (κ1) is 13.4. The molecule has 0 unspecified atom stereocenters. The molecule has 0 aliphatic heterocycles. The average Bonchev–Trinajstić information content (AvgIpc) is 2.77. The second-order valence-corrected chi connectivity index (χ2v) is 4.69. The number of nitrogen functional groups attached to an aromatic ring is 1. The largest absolute Gasteiger partial charge is 0.497 e. The van der Waals surface area contributed by atoms with Crippen LogP contribution >= 0.6 is 0 Å². The molecule has 0 spiro atoms. The summed E-state index contributed by atoms with van der Waals surface area (Å²) >= 11 is 0. The lowest BCUT2D eigenvalue weighted by Crippen LogP contribution is -2.20. The Balaban J connectivity index is 2.03. The van der Waals surface area contributed by atoms with Gasteiger partial charge in [-0.05, 0) is 18.7 Å². The smallest absolute Gasteiger partial charge is 0.122 e. The summed E-state index contributed by atoms with van der Waals surface area (Å²) in [5, 5.41) is 0. The van der Waals surface area contributed by atoms with Gasteiger partial charge in [0, 0.05) is 37.7 Å². The Hall–Kier alpha value is -2.01. The molecule has 0 bridgehead atoms. The van der Waals surface area contributed by atoms with Crippen molar-refractivity contribution in [3.05, 3.63) is 42.0 Å². The molecule has 5 nitrogen and oxygen atoms in total. The molecule has 1 aromatic carbocycles. The van der Waals surface area contributed by atoms with Crippen LogP contribution in [0.5, 0.6) is 5.75 Å². The van der Waals surface area contributed by atoms with E-state index in [4.69, 9.17) is 10.5 Å². The van der Waals surface area contributed by atoms with Crippen LogP contribution in [0, 0.1) is 0 Å². The third-order valence-electron chi connectivity index (χ3n) is 3.13. The highest BCUT2D eigenvalue weighted by molar-refractivity contribution is 5.51. The van der Waals surface area contributed by atoms with Crippen LogP contribution in [0.25, 0.3) is 0 Å². The standard InChI is InChI=1S/C14H20N4O/c1-17(10-14-16-6-7-18(14)2)9-11-4-5-12(19-3)8-13(11)15/h4-8H,9-10,15H2,1-3H3. The summed E-state index contributed by atoms with van der Waals surface area (Å²) in [6.45, 7) is 1.57. The van der Waals surface area contributed by atoms with Gasteiger partial charge in [0.15, 0.2) is 0 Å². The molecule has 5 heteroatoms. The van der Waals surface area contributed by atoms with Gasteiger partial charge in [-0.3, -0.25) is 4.90 Å². The third kappa shape index (κ3) is 3.26. The van der Waals surface area contributed by atoms with Crippen molar-refractivity contribution < 1.29 is 4.74 Å². The van der Waals surface area contributed by atoms with E-state index in [2.05, 4.69) is 16.9 Å². The summed E-state index contributed by atoms with van der Waals surface area (Å²) in [5.41, 5.74) is 7.87. The van der Waals surface area contributed by atoms with Gasteiger partial charge >= 0.3 is 0 Å². The summed E-state index contributed by atoms with van der Waals surface area (Å²) in [5.74, 6) is 1.82. The molecule has 0 saturated heterocycles. The van der Waals surface area contributed by atoms with Crippen LogP contribution in [0.4, 0.5) is 5.69 Å². The third-order valence-corrected chi connectivity index (χ3v) is 3.13. The predicted octanol–water partition coefficient (Wildman–Crippen LogP) is 1.64. The maximum Gasteiger partial charge on any atom is 0.122 e. The molecule has 0 radical (unpaired) electrons. The van der Waals surface area contributed by atoms with E-state index < -0.39 is 0 Å². The highest BCUT2D eigenvalue weighted by Crippen LogP contribution is 2.21. The minimum absolute atomic E-state index is 0.756. The topological polar surface area (TPSA) is 56.3 Å². The number of aryl methyl sites for hydroxylation is 1. The molecule has 1 heterocycles. The zero-order chi connectivity index (χ0) is 13.8. The van der Waals surface area contributed by atoms with E-state index in [0.717, 1.165) is 35.9 Å². The molecule has 0 fully saturated rings. The molecule has 19 heavy (non-hydrogen) atoms. The minimum Gasteiger partial charge on any atom is -0.497 e. The van der Waals surface area contributed by atoms with E-state index in [1.807, 2.05) is 42.2 Å². The Labute approximate surface area is 113 Å². The van der Waals surface area contributed by atoms with Crippen LogP contribution in [0.1, 0.15) is 11.4 Å². The van der Waals surface area contributed by atoms with Gasteiger partial charge in [-0.1, -0.05) is 6.07 Å². The van der Waals surface area contributed by atoms with Crippen molar-refractivity contribution >= 4 is 5.69 Å². The SMILES string of the molecule is COc1ccc(CN(C)Cc2nccn2C)c(N)c1. The quantitative estimate of drug-likeness (QED) is 0.830. The number of hydrogen-bond acceptors (Lipinski definition) is 4. The zero-order valence-corrected chi connectivity index (χ0v) is 11.6. The van der Waals surface area contributed by atoms with Gasteiger partial charge in [-0.25, -0.2) is 4.98 Å². The van der Waals surface area contributed by atoms with Gasteiger partial charge in [0.2, 0.25) is 0 Å². The summed E-state index contributed by atoms with van der Waals surface area (Å²) in [6.07, 6.45) is 3.76. The molecule has 2 N–H and O–H groups in total. The molecule has 0 amide bonds. The zero-order valence-electron chi connectivity index (χ0n) is 11.6. The molecule has 102 valence electrons. The number of rotatable bonds is 5. The Morgan fingerprint density at radius 2 is 2.16 bits per heavy atom. The van der Waals surface area contributed by atoms with Crippen LogP contribution < -0.4 is 10.5 Å². The van der Waals surface area contributed by atoms with Gasteiger partial charge in [-0.15, -0.1) is 0 Å². The normalized spacial score (nSPS) is 10.9. The number of imidazole rings is 1. The number of hydrogen-bond donors (Lipinski definition) is 1. The van der Waals surface area contributed by atoms with Crippen LogP contribution in [0.15, 0.2) is 30.6 Å². The van der Waals surface area contributed by atoms with Crippen LogP contribution in [-0.4, -0.2) is 28.6 Å². The maximum atomic E-state index is 6.02. The maximum absolute atomic E-state index is 6.02. The van der Waals surface area contributed by atoms with Gasteiger partial charge < -0.3 is 15.0 Å². The average molecular weight is 260 g/mol. The Bertz CT molecular complexity index is 550. The number of benzene rings is 1. The molecular formula is C14H20N4O. The second-order valence-electron chi connectivity index (χ2n) is 4.69. The van der Waals surface area contributed by atoms with Crippen molar-refractivity contribution in [3.63, 3.8) is 0 Å². The summed E-state index contributed by atoms with van der Waals surface area (Å²) in [4.78, 5) is 6.50. The lowest BCUT2D eigenvalue weighted by molar-refractivity contribution is 0.307. The van der Waals surface area contributed by atoms with Crippen LogP contribution in [0.2, 0.25) is 0 Å². The van der Waals surface area contributed by atoms with Crippen molar-refractivity contribution in [2.45, 2.75) is 13.1 Å². The van der Waals surface area contributed by atoms with Gasteiger partial charge in [0.25, 0.3) is 0 Å². The number of aromatic nitrogens is 2. The van der Waals surface area contributed by atoms with Crippen molar-refractivity contribution in [2.75, 3.05) is 19.9 Å². The van der Waals surface area contributed by atoms with Crippen molar-refractivity contribution in [3.8, 4) is 5.75 Å². The van der Waals surface area contributed by atoms with Crippen LogP contribution in [0.3, 0.4) is 0 Å². The minimum atomic E-state index is 0.756. The van der Waals surface area contributed by atoms with E-state index in [-0.39, 0.29) is 0 Å². The van der Waals surface area contributed by atoms with E-state index in [0.29, 0.717) is 0 Å². The van der Waals surface area contributed by atoms with Gasteiger partial charge in [0.05, 0.1) is 13.7 Å². The summed E-state index contributed by atoms with van der Waals surface area (Å²) in [7, 11) is 5.69. The Morgan fingerprint density at radius 1 is 1.37 bits per heavy atom. The molecule has 0 aliphatic rings. The Morgan fingerprint density at radius 3 is 2.74 bits per heavy atom. The Kier molecular flexibility index (Phi) is 4.06. The van der Waals surface area contributed by atoms with Crippen LogP contribution in [-0.2, 0) is 20.1 Å². The lowest BCUT2D eigenvalue weighted by atomic mass is 10.1. The lowest BCUT2D eigenvalue weighted by Gasteiger charge is -2.18. The summed E-state index contributed by atoms with van der Waals surface area (Å²) < 4.78 is 7.17. The highest BCUT2D eigenvalue weighted by Gasteiger charge is 2.08.